The zero-order valence-corrected chi connectivity index (χ0v) is 55.5. The first-order chi connectivity index (χ1) is 37.7. The zero-order valence-electron chi connectivity index (χ0n) is 53.0. The van der Waals surface area contributed by atoms with Crippen molar-refractivity contribution in [1.29, 1.82) is 0 Å². The Morgan fingerprint density at radius 3 is 1.13 bits per heavy atom. The van der Waals surface area contributed by atoms with E-state index in [-0.39, 0.29) is 0 Å². The standard InChI is InChI=1S/C4H6N2O.C4H6N2S.4C4H6N2.2C4H5NS.2C3H5N3.8C2H6/c2*1-3-5-6-4(2)7-3;1-4-2-5-6-3-4;1-6-4-2-3-5-6;2*1-4-2-3-5-6-4;1-4-2-5-6-3-4;1-4-2-3-5-6-4;1-6-2-4-5-3-6;1-3-4-2-5-6-3;8*1-2/h2*1-2H3;2-3H,1H3,(H,5,6);2-4H,1H3;2*2-3H,1H3,(H,5,6);3*2-3H,1H3;2H,1H3,(H,4,5,6);8*1-2H3. The van der Waals surface area contributed by atoms with E-state index in [4.69, 9.17) is 4.42 Å². The summed E-state index contributed by atoms with van der Waals surface area (Å²) in [6.45, 7) is 51.3. The van der Waals surface area contributed by atoms with Crippen LogP contribution in [0.4, 0.5) is 0 Å². The second kappa shape index (κ2) is 74.3. The summed E-state index contributed by atoms with van der Waals surface area (Å²) in [7, 11) is 3.76. The molecule has 21 nitrogen and oxygen atoms in total. The minimum Gasteiger partial charge on any atom is -0.426 e. The van der Waals surface area contributed by atoms with Gasteiger partial charge in [0.2, 0.25) is 11.8 Å². The van der Waals surface area contributed by atoms with Crippen LogP contribution in [0.2, 0.25) is 0 Å². The highest BCUT2D eigenvalue weighted by atomic mass is 32.1. The lowest BCUT2D eigenvalue weighted by molar-refractivity contribution is 0.489. The SMILES string of the molecule is CC.CC.CC.CC.CC.CC.CC.CC.Cc1ccn[nH]1.Cc1ccn[nH]1.Cc1ccns1.Cc1cn[nH]c1.Cc1cnsc1.Cc1ncn[nH]1.Cc1nnc(C)o1.Cc1nnc(C)s1.Cn1cccn1.Cn1cnnc1. The van der Waals surface area contributed by atoms with Gasteiger partial charge in [0.25, 0.3) is 0 Å². The molecule has 0 saturated carbocycles. The van der Waals surface area contributed by atoms with Gasteiger partial charge in [-0.3, -0.25) is 25.1 Å². The van der Waals surface area contributed by atoms with E-state index in [0.29, 0.717) is 11.8 Å². The van der Waals surface area contributed by atoms with Crippen LogP contribution in [-0.2, 0) is 14.1 Å². The highest BCUT2D eigenvalue weighted by molar-refractivity contribution is 7.11. The molecule has 24 heteroatoms. The summed E-state index contributed by atoms with van der Waals surface area (Å²) in [4.78, 5) is 5.02. The number of hydrogen-bond donors (Lipinski definition) is 4. The molecule has 10 aromatic rings. The van der Waals surface area contributed by atoms with Crippen LogP contribution < -0.4 is 0 Å². The molecule has 10 aromatic heterocycles. The molecule has 0 unspecified atom stereocenters. The van der Waals surface area contributed by atoms with E-state index in [2.05, 4.69) is 90.2 Å². The third-order valence-corrected chi connectivity index (χ3v) is 8.11. The number of H-pyrrole nitrogens is 4. The highest BCUT2D eigenvalue weighted by Gasteiger charge is 1.90. The topological polar surface area (TPSA) is 267 Å². The lowest BCUT2D eigenvalue weighted by atomic mass is 10.4. The minimum atomic E-state index is 0.623. The summed E-state index contributed by atoms with van der Waals surface area (Å²) in [6.07, 6.45) is 19.1. The molecule has 0 aliphatic carbocycles. The molecule has 0 fully saturated rings. The summed E-state index contributed by atoms with van der Waals surface area (Å²) in [5.74, 6) is 2.10. The molecule has 0 aliphatic rings. The monoisotopic (exact) mass is 1140 g/mol. The molecule has 0 saturated heterocycles. The van der Waals surface area contributed by atoms with Gasteiger partial charge in [0.05, 0.1) is 6.20 Å². The van der Waals surface area contributed by atoms with E-state index in [0.717, 1.165) is 27.2 Å². The van der Waals surface area contributed by atoms with Crippen LogP contribution in [0.5, 0.6) is 0 Å². The van der Waals surface area contributed by atoms with Gasteiger partial charge in [-0.1, -0.05) is 111 Å². The summed E-state index contributed by atoms with van der Waals surface area (Å²) in [5, 5.41) is 55.3. The average Bonchev–Trinajstić information content (AvgIpc) is 4.29. The first-order valence-electron chi connectivity index (χ1n) is 26.4. The number of nitrogens with one attached hydrogen (secondary N) is 4. The largest absolute Gasteiger partial charge is 0.426 e. The molecule has 0 radical (unpaired) electrons. The summed E-state index contributed by atoms with van der Waals surface area (Å²) in [5.41, 5.74) is 4.64. The number of hydrogen-bond acceptors (Lipinski definition) is 18. The number of nitrogens with zero attached hydrogens (tertiary/aromatic N) is 16. The molecule has 4 N–H and O–H groups in total. The molecule has 0 spiro atoms. The Kier molecular flexibility index (Phi) is 83.6. The van der Waals surface area contributed by atoms with Crippen molar-refractivity contribution in [3.8, 4) is 0 Å². The van der Waals surface area contributed by atoms with Crippen molar-refractivity contribution in [2.24, 2.45) is 14.1 Å². The molecule has 10 rings (SSSR count). The van der Waals surface area contributed by atoms with Crippen LogP contribution in [-0.4, -0.2) is 99.5 Å². The fourth-order valence-electron chi connectivity index (χ4n) is 3.16. The molecule has 0 amide bonds. The Bertz CT molecular complexity index is 1870. The molecule has 444 valence electrons. The number of aromatic nitrogens is 20. The molecule has 78 heavy (non-hydrogen) atoms. The predicted molar refractivity (Wildman–Crippen MR) is 333 cm³/mol. The number of rotatable bonds is 0. The predicted octanol–water partition coefficient (Wildman–Crippen LogP) is 15.5. The van der Waals surface area contributed by atoms with E-state index >= 15 is 0 Å². The Balaban J connectivity index is -0.000000113. The van der Waals surface area contributed by atoms with Crippen LogP contribution in [0.1, 0.15) is 166 Å². The Labute approximate surface area is 483 Å². The summed E-state index contributed by atoms with van der Waals surface area (Å²) in [6, 6.07) is 7.71. The van der Waals surface area contributed by atoms with E-state index < -0.39 is 0 Å². The van der Waals surface area contributed by atoms with Crippen LogP contribution in [0.3, 0.4) is 0 Å². The van der Waals surface area contributed by atoms with Gasteiger partial charge in [0.1, 0.15) is 34.8 Å². The van der Waals surface area contributed by atoms with Crippen molar-refractivity contribution >= 4 is 34.4 Å². The molecule has 0 aliphatic heterocycles. The molecular formula is C54H104N20OS3. The number of aryl methyl sites for hydroxylation is 12. The lowest BCUT2D eigenvalue weighted by Gasteiger charge is -1.77. The maximum Gasteiger partial charge on any atom is 0.213 e. The van der Waals surface area contributed by atoms with Crippen LogP contribution in [0.25, 0.3) is 0 Å². The normalized spacial score (nSPS) is 7.74. The number of aromatic amines is 4. The third kappa shape index (κ3) is 71.2. The van der Waals surface area contributed by atoms with E-state index in [1.165, 1.54) is 45.4 Å². The second-order valence-corrected chi connectivity index (χ2v) is 15.2. The smallest absolute Gasteiger partial charge is 0.213 e. The van der Waals surface area contributed by atoms with E-state index in [1.54, 1.807) is 78.1 Å². The Hall–Kier alpha value is -6.92. The van der Waals surface area contributed by atoms with Crippen LogP contribution in [0.15, 0.2) is 103 Å². The Morgan fingerprint density at radius 2 is 1.01 bits per heavy atom. The zero-order chi connectivity index (χ0) is 61.8. The van der Waals surface area contributed by atoms with Gasteiger partial charge < -0.3 is 8.98 Å². The fourth-order valence-corrected chi connectivity index (χ4v) is 4.67. The maximum absolute atomic E-state index is 4.86. The second-order valence-electron chi connectivity index (χ2n) is 12.1. The van der Waals surface area contributed by atoms with Gasteiger partial charge in [-0.2, -0.15) is 25.5 Å². The minimum absolute atomic E-state index is 0.623. The fraction of sp³-hybridized carbons (Fsp3) is 0.519. The van der Waals surface area contributed by atoms with Crippen molar-refractivity contribution in [2.75, 3.05) is 0 Å². The maximum atomic E-state index is 4.86. The van der Waals surface area contributed by atoms with Crippen molar-refractivity contribution in [3.05, 3.63) is 153 Å². The van der Waals surface area contributed by atoms with Crippen LogP contribution >= 0.6 is 34.4 Å². The first-order valence-corrected chi connectivity index (χ1v) is 28.8. The van der Waals surface area contributed by atoms with Gasteiger partial charge in [-0.25, -0.2) is 13.7 Å². The molecular weight excluding hydrogens is 1040 g/mol. The van der Waals surface area contributed by atoms with Crippen molar-refractivity contribution < 1.29 is 4.42 Å². The molecule has 0 bridgehead atoms. The molecule has 0 atom stereocenters. The van der Waals surface area contributed by atoms with Gasteiger partial charge in [0, 0.05) is 93.0 Å². The Morgan fingerprint density at radius 1 is 0.513 bits per heavy atom. The first kappa shape index (κ1) is 87.7. The van der Waals surface area contributed by atoms with Gasteiger partial charge in [-0.15, -0.1) is 41.9 Å². The van der Waals surface area contributed by atoms with Gasteiger partial charge in [0.15, 0.2) is 0 Å². The quantitative estimate of drug-likeness (QED) is 0.110. The van der Waals surface area contributed by atoms with Crippen molar-refractivity contribution in [2.45, 2.75) is 180 Å². The van der Waals surface area contributed by atoms with Gasteiger partial charge >= 0.3 is 0 Å². The van der Waals surface area contributed by atoms with Crippen molar-refractivity contribution in [1.82, 2.24) is 99.5 Å². The van der Waals surface area contributed by atoms with Crippen LogP contribution in [0, 0.1) is 69.2 Å². The van der Waals surface area contributed by atoms with E-state index in [9.17, 15) is 0 Å². The lowest BCUT2D eigenvalue weighted by Crippen LogP contribution is -1.83. The van der Waals surface area contributed by atoms with E-state index in [1.807, 2.05) is 229 Å². The summed E-state index contributed by atoms with van der Waals surface area (Å²) >= 11 is 4.64. The average molecular weight is 1150 g/mol. The third-order valence-electron chi connectivity index (χ3n) is 6.00. The highest BCUT2D eigenvalue weighted by Crippen LogP contribution is 2.04. The van der Waals surface area contributed by atoms with Gasteiger partial charge in [-0.05, 0) is 114 Å². The van der Waals surface area contributed by atoms with Crippen molar-refractivity contribution in [3.63, 3.8) is 0 Å². The summed E-state index contributed by atoms with van der Waals surface area (Å²) < 4.78 is 16.1. The molecule has 10 heterocycles. The molecule has 0 aromatic carbocycles.